The van der Waals surface area contributed by atoms with Crippen molar-refractivity contribution in [1.82, 2.24) is 10.3 Å². The van der Waals surface area contributed by atoms with Gasteiger partial charge in [-0.1, -0.05) is 41.9 Å². The number of hydrazine groups is 1. The number of nitrogens with two attached hydrogens (primary N) is 1. The van der Waals surface area contributed by atoms with Crippen molar-refractivity contribution in [3.8, 4) is 5.75 Å². The molecule has 3 N–H and O–H groups in total. The quantitative estimate of drug-likeness (QED) is 0.373. The Morgan fingerprint density at radius 2 is 1.87 bits per heavy atom. The maximum Gasteiger partial charge on any atom is 0.253 e. The summed E-state index contributed by atoms with van der Waals surface area (Å²) < 4.78 is 5.28. The summed E-state index contributed by atoms with van der Waals surface area (Å²) >= 11 is 6.32. The van der Waals surface area contributed by atoms with Crippen LogP contribution in [0.1, 0.15) is 22.7 Å². The SMILES string of the molecule is COc1ccc(C2=Nc3ccc(Cl)cc3[C@H](c3ccccc3)N2CC(=O)NN)cc1. The third-order valence-corrected chi connectivity index (χ3v) is 5.27. The highest BCUT2D eigenvalue weighted by Gasteiger charge is 2.33. The van der Waals surface area contributed by atoms with Crippen LogP contribution in [0.5, 0.6) is 5.75 Å². The minimum Gasteiger partial charge on any atom is -0.497 e. The van der Waals surface area contributed by atoms with Gasteiger partial charge in [0.25, 0.3) is 5.91 Å². The molecule has 7 heteroatoms. The van der Waals surface area contributed by atoms with Crippen LogP contribution in [0.3, 0.4) is 0 Å². The maximum absolute atomic E-state index is 12.3. The number of carbonyl (C=O) groups excluding carboxylic acids is 1. The van der Waals surface area contributed by atoms with Crippen molar-refractivity contribution >= 4 is 29.0 Å². The van der Waals surface area contributed by atoms with Gasteiger partial charge in [0.2, 0.25) is 0 Å². The zero-order valence-corrected chi connectivity index (χ0v) is 17.1. The first-order valence-corrected chi connectivity index (χ1v) is 9.82. The summed E-state index contributed by atoms with van der Waals surface area (Å²) in [4.78, 5) is 19.2. The zero-order chi connectivity index (χ0) is 21.1. The molecule has 1 aliphatic heterocycles. The molecule has 0 saturated carbocycles. The molecule has 0 radical (unpaired) electrons. The van der Waals surface area contributed by atoms with Crippen LogP contribution in [-0.4, -0.2) is 30.3 Å². The van der Waals surface area contributed by atoms with Gasteiger partial charge in [0, 0.05) is 16.1 Å². The fourth-order valence-electron chi connectivity index (χ4n) is 3.65. The molecular formula is C23H21ClN4O2. The molecule has 1 atom stereocenters. The van der Waals surface area contributed by atoms with Crippen molar-refractivity contribution in [2.45, 2.75) is 6.04 Å². The Bertz CT molecular complexity index is 1080. The summed E-state index contributed by atoms with van der Waals surface area (Å²) in [5, 5.41) is 0.612. The largest absolute Gasteiger partial charge is 0.497 e. The molecule has 0 unspecified atom stereocenters. The molecule has 152 valence electrons. The number of halogens is 1. The van der Waals surface area contributed by atoms with Gasteiger partial charge in [-0.05, 0) is 48.0 Å². The molecule has 0 spiro atoms. The summed E-state index contributed by atoms with van der Waals surface area (Å²) in [5.74, 6) is 6.51. The fraction of sp³-hybridized carbons (Fsp3) is 0.130. The molecule has 1 amide bonds. The average Bonchev–Trinajstić information content (AvgIpc) is 2.79. The third-order valence-electron chi connectivity index (χ3n) is 5.03. The predicted molar refractivity (Wildman–Crippen MR) is 118 cm³/mol. The highest BCUT2D eigenvalue weighted by Crippen LogP contribution is 2.41. The van der Waals surface area contributed by atoms with Crippen LogP contribution in [0.2, 0.25) is 5.02 Å². The maximum atomic E-state index is 12.3. The lowest BCUT2D eigenvalue weighted by Gasteiger charge is -2.38. The topological polar surface area (TPSA) is 80.0 Å². The first-order chi connectivity index (χ1) is 14.6. The van der Waals surface area contributed by atoms with Gasteiger partial charge in [0.05, 0.1) is 18.8 Å². The van der Waals surface area contributed by atoms with E-state index in [-0.39, 0.29) is 18.5 Å². The first-order valence-electron chi connectivity index (χ1n) is 9.44. The molecule has 1 heterocycles. The highest BCUT2D eigenvalue weighted by molar-refractivity contribution is 6.30. The smallest absolute Gasteiger partial charge is 0.253 e. The number of benzene rings is 3. The van der Waals surface area contributed by atoms with E-state index in [0.29, 0.717) is 10.9 Å². The molecule has 30 heavy (non-hydrogen) atoms. The number of amides is 1. The van der Waals surface area contributed by atoms with E-state index in [0.717, 1.165) is 28.1 Å². The summed E-state index contributed by atoms with van der Waals surface area (Å²) in [6.07, 6.45) is 0. The lowest BCUT2D eigenvalue weighted by molar-refractivity contribution is -0.121. The van der Waals surface area contributed by atoms with Crippen molar-refractivity contribution < 1.29 is 9.53 Å². The van der Waals surface area contributed by atoms with Crippen LogP contribution >= 0.6 is 11.6 Å². The summed E-state index contributed by atoms with van der Waals surface area (Å²) in [6.45, 7) is 0.0346. The van der Waals surface area contributed by atoms with Gasteiger partial charge >= 0.3 is 0 Å². The predicted octanol–water partition coefficient (Wildman–Crippen LogP) is 3.82. The number of ether oxygens (including phenoxy) is 1. The lowest BCUT2D eigenvalue weighted by Crippen LogP contribution is -2.46. The second kappa shape index (κ2) is 8.57. The Hall–Kier alpha value is -3.35. The number of nitrogens with zero attached hydrogens (tertiary/aromatic N) is 2. The number of aliphatic imine (C=N–C) groups is 1. The van der Waals surface area contributed by atoms with Gasteiger partial charge in [0.15, 0.2) is 0 Å². The van der Waals surface area contributed by atoms with Crippen LogP contribution < -0.4 is 16.0 Å². The number of fused-ring (bicyclic) bond motifs is 1. The number of methoxy groups -OCH3 is 1. The van der Waals surface area contributed by atoms with E-state index >= 15 is 0 Å². The standard InChI is InChI=1S/C23H21ClN4O2/c1-30-18-10-7-16(8-11-18)23-26-20-12-9-17(24)13-19(20)22(15-5-3-2-4-6-15)28(23)14-21(29)27-25/h2-13,22H,14,25H2,1H3,(H,27,29)/t22-/m0/s1. The summed E-state index contributed by atoms with van der Waals surface area (Å²) in [7, 11) is 1.62. The third kappa shape index (κ3) is 3.87. The molecule has 0 bridgehead atoms. The second-order valence-corrected chi connectivity index (χ2v) is 7.31. The van der Waals surface area contributed by atoms with Crippen LogP contribution in [0.15, 0.2) is 77.8 Å². The van der Waals surface area contributed by atoms with Gasteiger partial charge in [-0.15, -0.1) is 0 Å². The minimum atomic E-state index is -0.317. The van der Waals surface area contributed by atoms with E-state index in [2.05, 4.69) is 5.43 Å². The van der Waals surface area contributed by atoms with Gasteiger partial charge < -0.3 is 9.64 Å². The fourth-order valence-corrected chi connectivity index (χ4v) is 3.83. The normalized spacial score (nSPS) is 15.2. The van der Waals surface area contributed by atoms with Crippen LogP contribution in [0, 0.1) is 0 Å². The van der Waals surface area contributed by atoms with Crippen molar-refractivity contribution in [2.24, 2.45) is 10.8 Å². The molecule has 0 saturated heterocycles. The van der Waals surface area contributed by atoms with Crippen molar-refractivity contribution in [2.75, 3.05) is 13.7 Å². The number of rotatable bonds is 5. The number of carbonyl (C=O) groups is 1. The second-order valence-electron chi connectivity index (χ2n) is 6.88. The van der Waals surface area contributed by atoms with Crippen molar-refractivity contribution in [3.63, 3.8) is 0 Å². The average molecular weight is 421 g/mol. The first kappa shape index (κ1) is 19.9. The zero-order valence-electron chi connectivity index (χ0n) is 16.4. The molecule has 0 fully saturated rings. The van der Waals surface area contributed by atoms with E-state index in [1.807, 2.05) is 77.7 Å². The Labute approximate surface area is 179 Å². The number of nitrogens with one attached hydrogen (secondary N) is 1. The van der Waals surface area contributed by atoms with Crippen molar-refractivity contribution in [3.05, 3.63) is 94.5 Å². The van der Waals surface area contributed by atoms with E-state index < -0.39 is 0 Å². The van der Waals surface area contributed by atoms with Crippen molar-refractivity contribution in [1.29, 1.82) is 0 Å². The molecule has 4 rings (SSSR count). The Kier molecular flexibility index (Phi) is 5.70. The van der Waals surface area contributed by atoms with E-state index in [4.69, 9.17) is 27.2 Å². The molecule has 1 aliphatic rings. The van der Waals surface area contributed by atoms with E-state index in [1.54, 1.807) is 7.11 Å². The van der Waals surface area contributed by atoms with Crippen LogP contribution in [0.4, 0.5) is 5.69 Å². The monoisotopic (exact) mass is 420 g/mol. The number of hydrogen-bond acceptors (Lipinski definition) is 5. The lowest BCUT2D eigenvalue weighted by atomic mass is 9.93. The number of hydrogen-bond donors (Lipinski definition) is 2. The van der Waals surface area contributed by atoms with Crippen LogP contribution in [0.25, 0.3) is 0 Å². The molecule has 3 aromatic rings. The summed E-state index contributed by atoms with van der Waals surface area (Å²) in [6, 6.07) is 22.9. The minimum absolute atomic E-state index is 0.0346. The van der Waals surface area contributed by atoms with E-state index in [9.17, 15) is 4.79 Å². The molecule has 6 nitrogen and oxygen atoms in total. The highest BCUT2D eigenvalue weighted by atomic mass is 35.5. The summed E-state index contributed by atoms with van der Waals surface area (Å²) in [5.41, 5.74) is 5.85. The van der Waals surface area contributed by atoms with Gasteiger partial charge in [0.1, 0.15) is 18.1 Å². The molecule has 0 aliphatic carbocycles. The Balaban J connectivity index is 1.91. The van der Waals surface area contributed by atoms with Gasteiger partial charge in [-0.3, -0.25) is 10.2 Å². The van der Waals surface area contributed by atoms with Gasteiger partial charge in [-0.2, -0.15) is 0 Å². The van der Waals surface area contributed by atoms with Gasteiger partial charge in [-0.25, -0.2) is 10.8 Å². The Morgan fingerprint density at radius 3 is 2.53 bits per heavy atom. The molecule has 3 aromatic carbocycles. The Morgan fingerprint density at radius 1 is 1.13 bits per heavy atom. The van der Waals surface area contributed by atoms with Crippen LogP contribution in [-0.2, 0) is 4.79 Å². The van der Waals surface area contributed by atoms with E-state index in [1.165, 1.54) is 0 Å². The molecule has 0 aromatic heterocycles. The molecular weight excluding hydrogens is 400 g/mol. The number of amidine groups is 1.